The van der Waals surface area contributed by atoms with Gasteiger partial charge in [0.05, 0.1) is 13.2 Å². The maximum absolute atomic E-state index is 12.7. The van der Waals surface area contributed by atoms with Crippen molar-refractivity contribution < 1.29 is 9.53 Å². The first-order chi connectivity index (χ1) is 13.6. The first-order valence-electron chi connectivity index (χ1n) is 11.0. The molecule has 1 aromatic carbocycles. The Balaban J connectivity index is 1.39. The minimum atomic E-state index is -0.0298. The van der Waals surface area contributed by atoms with Gasteiger partial charge in [-0.05, 0) is 49.8 Å². The summed E-state index contributed by atoms with van der Waals surface area (Å²) in [4.78, 5) is 17.6. The number of amides is 1. The molecule has 1 heterocycles. The minimum Gasteiger partial charge on any atom is -0.497 e. The van der Waals surface area contributed by atoms with E-state index in [1.165, 1.54) is 24.8 Å². The molecule has 3 rings (SSSR count). The van der Waals surface area contributed by atoms with E-state index in [2.05, 4.69) is 41.1 Å². The largest absolute Gasteiger partial charge is 0.497 e. The first-order valence-corrected chi connectivity index (χ1v) is 11.0. The van der Waals surface area contributed by atoms with Crippen LogP contribution in [0.3, 0.4) is 0 Å². The van der Waals surface area contributed by atoms with Gasteiger partial charge in [0.2, 0.25) is 5.91 Å². The van der Waals surface area contributed by atoms with Crippen molar-refractivity contribution in [3.63, 3.8) is 0 Å². The van der Waals surface area contributed by atoms with E-state index in [-0.39, 0.29) is 11.9 Å². The Labute approximate surface area is 170 Å². The van der Waals surface area contributed by atoms with Crippen LogP contribution in [0.4, 0.5) is 0 Å². The van der Waals surface area contributed by atoms with E-state index in [0.717, 1.165) is 51.3 Å². The molecule has 5 nitrogen and oxygen atoms in total. The molecule has 1 aromatic rings. The summed E-state index contributed by atoms with van der Waals surface area (Å²) < 4.78 is 5.22. The fourth-order valence-corrected chi connectivity index (χ4v) is 4.45. The van der Waals surface area contributed by atoms with Crippen molar-refractivity contribution in [1.82, 2.24) is 15.1 Å². The van der Waals surface area contributed by atoms with Crippen molar-refractivity contribution in [2.24, 2.45) is 5.92 Å². The molecule has 28 heavy (non-hydrogen) atoms. The van der Waals surface area contributed by atoms with Crippen LogP contribution in [0.5, 0.6) is 5.75 Å². The number of piperazine rings is 1. The van der Waals surface area contributed by atoms with Gasteiger partial charge in [-0.15, -0.1) is 0 Å². The Hall–Kier alpha value is -1.59. The van der Waals surface area contributed by atoms with E-state index in [1.807, 2.05) is 12.1 Å². The summed E-state index contributed by atoms with van der Waals surface area (Å²) in [6.45, 7) is 9.42. The predicted molar refractivity (Wildman–Crippen MR) is 114 cm³/mol. The molecule has 1 saturated heterocycles. The number of ether oxygens (including phenoxy) is 1. The molecule has 3 atom stereocenters. The van der Waals surface area contributed by atoms with Gasteiger partial charge < -0.3 is 15.0 Å². The number of hydrogen-bond donors (Lipinski definition) is 1. The zero-order valence-corrected chi connectivity index (χ0v) is 17.8. The Morgan fingerprint density at radius 2 is 1.82 bits per heavy atom. The number of nitrogens with zero attached hydrogens (tertiary/aromatic N) is 2. The van der Waals surface area contributed by atoms with Crippen LogP contribution in [0.15, 0.2) is 24.3 Å². The van der Waals surface area contributed by atoms with Gasteiger partial charge in [-0.1, -0.05) is 31.9 Å². The normalized spacial score (nSPS) is 25.2. The van der Waals surface area contributed by atoms with E-state index < -0.39 is 0 Å². The second kappa shape index (κ2) is 10.3. The van der Waals surface area contributed by atoms with Gasteiger partial charge in [0.25, 0.3) is 0 Å². The fourth-order valence-electron chi connectivity index (χ4n) is 4.45. The Morgan fingerprint density at radius 3 is 2.46 bits per heavy atom. The monoisotopic (exact) mass is 387 g/mol. The van der Waals surface area contributed by atoms with Crippen LogP contribution >= 0.6 is 0 Å². The summed E-state index contributed by atoms with van der Waals surface area (Å²) >= 11 is 0. The summed E-state index contributed by atoms with van der Waals surface area (Å²) in [7, 11) is 1.70. The summed E-state index contributed by atoms with van der Waals surface area (Å²) in [6.07, 6.45) is 5.99. The molecular weight excluding hydrogens is 350 g/mol. The quantitative estimate of drug-likeness (QED) is 0.781. The van der Waals surface area contributed by atoms with Crippen LogP contribution < -0.4 is 10.1 Å². The number of carbonyl (C=O) groups excluding carboxylic acids is 1. The Kier molecular flexibility index (Phi) is 7.74. The van der Waals surface area contributed by atoms with Crippen molar-refractivity contribution in [2.75, 3.05) is 39.8 Å². The summed E-state index contributed by atoms with van der Waals surface area (Å²) in [5, 5.41) is 3.33. The third-order valence-corrected chi connectivity index (χ3v) is 6.65. The highest BCUT2D eigenvalue weighted by atomic mass is 16.5. The Morgan fingerprint density at radius 1 is 1.14 bits per heavy atom. The molecule has 5 heteroatoms. The maximum Gasteiger partial charge on any atom is 0.237 e. The number of methoxy groups -OCH3 is 1. The number of rotatable bonds is 7. The second-order valence-electron chi connectivity index (χ2n) is 8.53. The molecule has 3 unspecified atom stereocenters. The molecule has 1 aliphatic heterocycles. The number of carbonyl (C=O) groups is 1. The minimum absolute atomic E-state index is 0.0298. The average Bonchev–Trinajstić information content (AvgIpc) is 2.74. The molecule has 2 aliphatic rings. The van der Waals surface area contributed by atoms with Crippen LogP contribution in [-0.4, -0.2) is 67.6 Å². The van der Waals surface area contributed by atoms with Crippen LogP contribution in [0.1, 0.15) is 45.1 Å². The highest BCUT2D eigenvalue weighted by Crippen LogP contribution is 2.24. The molecule has 0 bridgehead atoms. The van der Waals surface area contributed by atoms with Crippen LogP contribution in [0, 0.1) is 5.92 Å². The first kappa shape index (κ1) is 21.1. The van der Waals surface area contributed by atoms with Crippen molar-refractivity contribution in [1.29, 1.82) is 0 Å². The number of hydrogen-bond acceptors (Lipinski definition) is 4. The number of nitrogens with one attached hydrogen (secondary N) is 1. The molecule has 156 valence electrons. The van der Waals surface area contributed by atoms with E-state index in [1.54, 1.807) is 7.11 Å². The van der Waals surface area contributed by atoms with Crippen molar-refractivity contribution >= 4 is 5.91 Å². The van der Waals surface area contributed by atoms with Gasteiger partial charge in [0, 0.05) is 38.8 Å². The lowest BCUT2D eigenvalue weighted by Crippen LogP contribution is -2.55. The zero-order valence-electron chi connectivity index (χ0n) is 17.8. The predicted octanol–water partition coefficient (Wildman–Crippen LogP) is 2.94. The summed E-state index contributed by atoms with van der Waals surface area (Å²) in [6, 6.07) is 8.69. The molecule has 1 saturated carbocycles. The van der Waals surface area contributed by atoms with Crippen LogP contribution in [0.2, 0.25) is 0 Å². The van der Waals surface area contributed by atoms with Gasteiger partial charge in [0.1, 0.15) is 5.75 Å². The molecule has 0 radical (unpaired) electrons. The topological polar surface area (TPSA) is 44.8 Å². The van der Waals surface area contributed by atoms with Crippen LogP contribution in [0.25, 0.3) is 0 Å². The van der Waals surface area contributed by atoms with Gasteiger partial charge in [-0.3, -0.25) is 9.69 Å². The average molecular weight is 388 g/mol. The van der Waals surface area contributed by atoms with Gasteiger partial charge in [-0.2, -0.15) is 0 Å². The van der Waals surface area contributed by atoms with Crippen molar-refractivity contribution in [3.05, 3.63) is 29.8 Å². The fraction of sp³-hybridized carbons (Fsp3) is 0.696. The summed E-state index contributed by atoms with van der Waals surface area (Å²) in [5.41, 5.74) is 1.34. The highest BCUT2D eigenvalue weighted by molar-refractivity contribution is 5.81. The van der Waals surface area contributed by atoms with Crippen molar-refractivity contribution in [2.45, 2.75) is 58.0 Å². The summed E-state index contributed by atoms with van der Waals surface area (Å²) in [5.74, 6) is 1.73. The van der Waals surface area contributed by atoms with E-state index in [9.17, 15) is 4.79 Å². The van der Waals surface area contributed by atoms with Gasteiger partial charge >= 0.3 is 0 Å². The third-order valence-electron chi connectivity index (χ3n) is 6.65. The third kappa shape index (κ3) is 5.71. The van der Waals surface area contributed by atoms with Gasteiger partial charge in [-0.25, -0.2) is 0 Å². The van der Waals surface area contributed by atoms with E-state index >= 15 is 0 Å². The molecular formula is C23H37N3O2. The molecule has 1 N–H and O–H groups in total. The molecule has 0 spiro atoms. The molecule has 2 fully saturated rings. The zero-order chi connectivity index (χ0) is 19.9. The number of benzene rings is 1. The molecule has 1 amide bonds. The lowest BCUT2D eigenvalue weighted by molar-refractivity contribution is -0.127. The van der Waals surface area contributed by atoms with E-state index in [4.69, 9.17) is 4.74 Å². The lowest BCUT2D eigenvalue weighted by atomic mass is 9.86. The molecule has 0 aromatic heterocycles. The SMILES string of the molecule is COc1ccc(CCN2CCN(C(C)C(=O)NC3CCCCC3C)CC2)cc1. The highest BCUT2D eigenvalue weighted by Gasteiger charge is 2.29. The van der Waals surface area contributed by atoms with Gasteiger partial charge in [0.15, 0.2) is 0 Å². The van der Waals surface area contributed by atoms with Crippen LogP contribution in [-0.2, 0) is 11.2 Å². The second-order valence-corrected chi connectivity index (χ2v) is 8.53. The molecule has 1 aliphatic carbocycles. The van der Waals surface area contributed by atoms with E-state index in [0.29, 0.717) is 12.0 Å². The van der Waals surface area contributed by atoms with Crippen molar-refractivity contribution in [3.8, 4) is 5.75 Å². The lowest BCUT2D eigenvalue weighted by Gasteiger charge is -2.38. The standard InChI is InChI=1S/C23H37N3O2/c1-18-6-4-5-7-22(18)24-23(27)19(2)26-16-14-25(15-17-26)13-12-20-8-10-21(28-3)11-9-20/h8-11,18-19,22H,4-7,12-17H2,1-3H3,(H,24,27). The smallest absolute Gasteiger partial charge is 0.237 e. The Bertz CT molecular complexity index is 611. The maximum atomic E-state index is 12.7.